The summed E-state index contributed by atoms with van der Waals surface area (Å²) in [4.78, 5) is 7.63. The summed E-state index contributed by atoms with van der Waals surface area (Å²) in [6.45, 7) is 6.22. The van der Waals surface area contributed by atoms with Crippen molar-refractivity contribution in [2.24, 2.45) is 5.41 Å². The maximum Gasteiger partial charge on any atom is 0.186 e. The minimum Gasteiger partial charge on any atom is -0.396 e. The van der Waals surface area contributed by atoms with E-state index in [0.717, 1.165) is 12.8 Å². The minimum atomic E-state index is -0.424. The molecule has 0 fully saturated rings. The monoisotopic (exact) mass is 241 g/mol. The van der Waals surface area contributed by atoms with E-state index in [1.54, 1.807) is 6.92 Å². The van der Waals surface area contributed by atoms with Crippen LogP contribution in [0.25, 0.3) is 0 Å². The van der Waals surface area contributed by atoms with Gasteiger partial charge in [0.25, 0.3) is 0 Å². The van der Waals surface area contributed by atoms with Gasteiger partial charge in [-0.1, -0.05) is 13.8 Å². The molecule has 5 heteroatoms. The van der Waals surface area contributed by atoms with Crippen LogP contribution in [0, 0.1) is 18.2 Å². The molecule has 0 amide bonds. The van der Waals surface area contributed by atoms with Gasteiger partial charge in [0.1, 0.15) is 6.33 Å². The number of rotatable bonds is 6. The largest absolute Gasteiger partial charge is 0.396 e. The highest BCUT2D eigenvalue weighted by molar-refractivity contribution is 5.37. The first-order valence-corrected chi connectivity index (χ1v) is 5.90. The van der Waals surface area contributed by atoms with Crippen LogP contribution in [0.15, 0.2) is 6.33 Å². The third kappa shape index (κ3) is 3.12. The Kier molecular flexibility index (Phi) is 4.81. The lowest BCUT2D eigenvalue weighted by Gasteiger charge is -2.29. The molecule has 1 aromatic rings. The Morgan fingerprint density at radius 3 is 2.53 bits per heavy atom. The summed E-state index contributed by atoms with van der Waals surface area (Å²) in [6, 6.07) is 0. The fraction of sp³-hybridized carbons (Fsp3) is 0.667. The predicted molar refractivity (Wildman–Crippen MR) is 65.3 cm³/mol. The Labute approximate surface area is 101 Å². The molecule has 0 bridgehead atoms. The molecule has 1 heterocycles. The lowest BCUT2D eigenvalue weighted by molar-refractivity contribution is 0.127. The van der Waals surface area contributed by atoms with Crippen LogP contribution in [-0.4, -0.2) is 28.2 Å². The first-order valence-electron chi connectivity index (χ1n) is 5.90. The Bertz CT molecular complexity index is 359. The molecule has 2 N–H and O–H groups in total. The summed E-state index contributed by atoms with van der Waals surface area (Å²) >= 11 is 0. The van der Waals surface area contributed by atoms with Crippen molar-refractivity contribution in [1.29, 1.82) is 0 Å². The summed E-state index contributed by atoms with van der Waals surface area (Å²) in [5.74, 6) is -0.219. The van der Waals surface area contributed by atoms with Crippen LogP contribution in [-0.2, 0) is 0 Å². The maximum atomic E-state index is 13.6. The number of nitrogens with one attached hydrogen (secondary N) is 1. The van der Waals surface area contributed by atoms with Crippen molar-refractivity contribution >= 4 is 5.82 Å². The van der Waals surface area contributed by atoms with Gasteiger partial charge in [0.05, 0.1) is 12.3 Å². The molecule has 96 valence electrons. The number of aryl methyl sites for hydroxylation is 1. The van der Waals surface area contributed by atoms with Gasteiger partial charge >= 0.3 is 0 Å². The van der Waals surface area contributed by atoms with Gasteiger partial charge in [-0.3, -0.25) is 0 Å². The van der Waals surface area contributed by atoms with E-state index in [9.17, 15) is 9.50 Å². The lowest BCUT2D eigenvalue weighted by Crippen LogP contribution is -2.32. The molecule has 0 atom stereocenters. The van der Waals surface area contributed by atoms with Crippen molar-refractivity contribution in [1.82, 2.24) is 9.97 Å². The Morgan fingerprint density at radius 2 is 2.00 bits per heavy atom. The zero-order valence-electron chi connectivity index (χ0n) is 10.6. The van der Waals surface area contributed by atoms with Crippen molar-refractivity contribution < 1.29 is 9.50 Å². The van der Waals surface area contributed by atoms with E-state index in [1.807, 2.05) is 13.8 Å². The first kappa shape index (κ1) is 13.8. The molecule has 0 spiro atoms. The number of aliphatic hydroxyl groups excluding tert-OH is 1. The van der Waals surface area contributed by atoms with E-state index in [4.69, 9.17) is 0 Å². The summed E-state index contributed by atoms with van der Waals surface area (Å²) in [7, 11) is 0. The molecule has 1 aromatic heterocycles. The fourth-order valence-electron chi connectivity index (χ4n) is 1.63. The molecule has 0 aliphatic heterocycles. The molecule has 0 aromatic carbocycles. The number of aromatic nitrogens is 2. The molecule has 0 saturated carbocycles. The summed E-state index contributed by atoms with van der Waals surface area (Å²) in [5.41, 5.74) is 0.107. The van der Waals surface area contributed by atoms with Crippen LogP contribution in [0.2, 0.25) is 0 Å². The van der Waals surface area contributed by atoms with Crippen molar-refractivity contribution in [3.63, 3.8) is 0 Å². The molecule has 0 unspecified atom stereocenters. The van der Waals surface area contributed by atoms with Gasteiger partial charge < -0.3 is 10.4 Å². The van der Waals surface area contributed by atoms with Crippen LogP contribution in [0.1, 0.15) is 32.4 Å². The van der Waals surface area contributed by atoms with Crippen LogP contribution in [0.4, 0.5) is 10.2 Å². The second-order valence-electron chi connectivity index (χ2n) is 4.34. The first-order chi connectivity index (χ1) is 8.08. The van der Waals surface area contributed by atoms with Crippen LogP contribution < -0.4 is 5.32 Å². The minimum absolute atomic E-state index is 0.0820. The van der Waals surface area contributed by atoms with E-state index in [0.29, 0.717) is 12.2 Å². The van der Waals surface area contributed by atoms with E-state index in [-0.39, 0.29) is 17.8 Å². The number of nitrogens with zero attached hydrogens (tertiary/aromatic N) is 2. The highest BCUT2D eigenvalue weighted by atomic mass is 19.1. The van der Waals surface area contributed by atoms with Gasteiger partial charge in [0.15, 0.2) is 11.6 Å². The number of halogens is 1. The van der Waals surface area contributed by atoms with Gasteiger partial charge in [0.2, 0.25) is 0 Å². The average molecular weight is 241 g/mol. The average Bonchev–Trinajstić information content (AvgIpc) is 2.36. The maximum absolute atomic E-state index is 13.6. The molecule has 0 aliphatic rings. The van der Waals surface area contributed by atoms with Crippen LogP contribution in [0.3, 0.4) is 0 Å². The topological polar surface area (TPSA) is 58.0 Å². The number of aliphatic hydroxyl groups is 1. The Hall–Kier alpha value is -1.23. The van der Waals surface area contributed by atoms with Crippen molar-refractivity contribution in [2.75, 3.05) is 18.5 Å². The molecular formula is C12H20FN3O. The summed E-state index contributed by atoms with van der Waals surface area (Å²) in [6.07, 6.45) is 3.00. The third-order valence-corrected chi connectivity index (χ3v) is 3.43. The standard InChI is InChI=1S/C12H20FN3O/c1-4-12(5-2,7-17)6-14-11-10(13)9(3)15-8-16-11/h8,17H,4-7H2,1-3H3,(H,14,15,16). The molecule has 4 nitrogen and oxygen atoms in total. The van der Waals surface area contributed by atoms with Crippen molar-refractivity contribution in [2.45, 2.75) is 33.6 Å². The number of hydrogen-bond donors (Lipinski definition) is 2. The lowest BCUT2D eigenvalue weighted by atomic mass is 9.83. The molecule has 17 heavy (non-hydrogen) atoms. The smallest absolute Gasteiger partial charge is 0.186 e. The highest BCUT2D eigenvalue weighted by Crippen LogP contribution is 2.26. The quantitative estimate of drug-likeness (QED) is 0.801. The Morgan fingerprint density at radius 1 is 1.35 bits per heavy atom. The van der Waals surface area contributed by atoms with Crippen molar-refractivity contribution in [3.8, 4) is 0 Å². The molecule has 1 rings (SSSR count). The van der Waals surface area contributed by atoms with E-state index in [2.05, 4.69) is 15.3 Å². The van der Waals surface area contributed by atoms with E-state index >= 15 is 0 Å². The van der Waals surface area contributed by atoms with Gasteiger partial charge in [-0.2, -0.15) is 0 Å². The zero-order chi connectivity index (χ0) is 12.9. The second kappa shape index (κ2) is 5.91. The molecule has 0 aliphatic carbocycles. The third-order valence-electron chi connectivity index (χ3n) is 3.43. The SMILES string of the molecule is CCC(CC)(CO)CNc1ncnc(C)c1F. The normalized spacial score (nSPS) is 11.6. The summed E-state index contributed by atoms with van der Waals surface area (Å²) < 4.78 is 13.6. The molecular weight excluding hydrogens is 221 g/mol. The van der Waals surface area contributed by atoms with Crippen LogP contribution in [0.5, 0.6) is 0 Å². The van der Waals surface area contributed by atoms with Gasteiger partial charge in [-0.05, 0) is 19.8 Å². The predicted octanol–water partition coefficient (Wildman–Crippen LogP) is 2.13. The second-order valence-corrected chi connectivity index (χ2v) is 4.34. The zero-order valence-corrected chi connectivity index (χ0v) is 10.6. The number of hydrogen-bond acceptors (Lipinski definition) is 4. The highest BCUT2D eigenvalue weighted by Gasteiger charge is 2.25. The molecule has 0 saturated heterocycles. The van der Waals surface area contributed by atoms with E-state index < -0.39 is 5.82 Å². The van der Waals surface area contributed by atoms with E-state index in [1.165, 1.54) is 6.33 Å². The van der Waals surface area contributed by atoms with Crippen LogP contribution >= 0.6 is 0 Å². The van der Waals surface area contributed by atoms with Gasteiger partial charge in [-0.25, -0.2) is 14.4 Å². The molecule has 0 radical (unpaired) electrons. The van der Waals surface area contributed by atoms with Gasteiger partial charge in [0, 0.05) is 12.0 Å². The Balaban J connectivity index is 2.75. The summed E-state index contributed by atoms with van der Waals surface area (Å²) in [5, 5.41) is 12.4. The fourth-order valence-corrected chi connectivity index (χ4v) is 1.63. The van der Waals surface area contributed by atoms with Gasteiger partial charge in [-0.15, -0.1) is 0 Å². The van der Waals surface area contributed by atoms with Crippen molar-refractivity contribution in [3.05, 3.63) is 17.8 Å². The number of anilines is 1.